The molecule has 740 valence electrons. The molecule has 7 atom stereocenters. The summed E-state index contributed by atoms with van der Waals surface area (Å²) in [5.74, 6) is -6.13. The number of rotatable bonds is 42. The molecule has 5 aromatic carbocycles. The highest BCUT2D eigenvalue weighted by Gasteiger charge is 2.49. The topological polar surface area (TPSA) is 541 Å². The number of hydrogen-bond donors (Lipinski definition) is 6. The van der Waals surface area contributed by atoms with Crippen molar-refractivity contribution >= 4 is 87.8 Å². The smallest absolute Gasteiger partial charge is 0.489 e. The first-order chi connectivity index (χ1) is 67.1. The zero-order chi connectivity index (χ0) is 99.0. The number of cyclic esters (lactones) is 2. The number of ketones is 2. The molecule has 140 heavy (non-hydrogen) atoms. The summed E-state index contributed by atoms with van der Waals surface area (Å²) in [6.45, 7) is 7.26. The third kappa shape index (κ3) is 20.7. The summed E-state index contributed by atoms with van der Waals surface area (Å²) < 4.78 is 159. The van der Waals surface area contributed by atoms with Crippen LogP contribution in [0.15, 0.2) is 137 Å². The minimum Gasteiger partial charge on any atom is -0.489 e. The average molecular weight is 1990 g/mol. The first-order valence-corrected chi connectivity index (χ1v) is 50.5. The maximum Gasteiger partial charge on any atom is 0.501 e. The Bertz CT molecular complexity index is 7080. The van der Waals surface area contributed by atoms with Gasteiger partial charge in [0.25, 0.3) is 22.9 Å². The summed E-state index contributed by atoms with van der Waals surface area (Å²) >= 11 is 0. The van der Waals surface area contributed by atoms with Crippen molar-refractivity contribution in [1.29, 1.82) is 0 Å². The van der Waals surface area contributed by atoms with E-state index in [4.69, 9.17) is 64.6 Å². The Kier molecular flexibility index (Phi) is 28.9. The van der Waals surface area contributed by atoms with Crippen molar-refractivity contribution in [2.24, 2.45) is 11.8 Å². The predicted molar refractivity (Wildman–Crippen MR) is 493 cm³/mol. The van der Waals surface area contributed by atoms with Gasteiger partial charge in [-0.2, -0.15) is 16.8 Å². The molecule has 6 aliphatic heterocycles. The van der Waals surface area contributed by atoms with Gasteiger partial charge in [0.2, 0.25) is 6.29 Å². The number of fused-ring (bicyclic) bond motifs is 10. The lowest BCUT2D eigenvalue weighted by Gasteiger charge is -2.39. The predicted octanol–water partition coefficient (Wildman–Crippen LogP) is 6.76. The Hall–Kier alpha value is -12.6. The summed E-state index contributed by atoms with van der Waals surface area (Å²) in [6.07, 6.45) is -0.0617. The number of ether oxygens (including phenoxy) is 8. The zero-order valence-corrected chi connectivity index (χ0v) is 79.0. The van der Waals surface area contributed by atoms with Gasteiger partial charge < -0.3 is 94.4 Å². The number of pyridine rings is 4. The van der Waals surface area contributed by atoms with Crippen molar-refractivity contribution in [2.75, 3.05) is 46.2 Å². The van der Waals surface area contributed by atoms with Gasteiger partial charge in [-0.3, -0.25) is 33.7 Å². The van der Waals surface area contributed by atoms with Crippen molar-refractivity contribution in [3.05, 3.63) is 221 Å². The first kappa shape index (κ1) is 99.0. The molecule has 40 nitrogen and oxygen atoms in total. The van der Waals surface area contributed by atoms with E-state index in [1.165, 1.54) is 105 Å². The zero-order valence-electron chi connectivity index (χ0n) is 76.6. The van der Waals surface area contributed by atoms with Crippen LogP contribution in [0.3, 0.4) is 0 Å². The van der Waals surface area contributed by atoms with E-state index in [0.717, 1.165) is 37.8 Å². The Morgan fingerprint density at radius 3 is 1.69 bits per heavy atom. The molecule has 2 fully saturated rings. The number of aliphatic hydroxyl groups is 6. The molecule has 1 unspecified atom stereocenters. The van der Waals surface area contributed by atoms with E-state index in [9.17, 15) is 94.2 Å². The normalized spacial score (nSPS) is 20.9. The lowest BCUT2D eigenvalue weighted by Crippen LogP contribution is -2.60. The standard InChI is InChI=1S/C97H102N8O32S3/c1-5-64-66-39-62(23-25-74(66)98-86-68(64)45-103-76(86)41-72-70(91(103)114)50-130-94(116)96(72,118)7-3)134-138(120,121)52-56-17-27-80(59(37-56)53-139(122,123)135-63-24-26-75-67(40-63)65(6-2)69-46-104-77(87(69)99-75)42-73-71(92(104)115)51-131-95(117)97(73,119)8-4)129-48-55-15-21-61(22-16-55)136-140(124,125)137-82-38-58(20-28-81(82)132-93-90(113)89(112)88(111)83(47-106)133-93)79(108)12-10-32-126-34-31-102-44-60(100-101-102)49-128-36-35-127-33-9-11-78(107)57-18-13-54(14-19-57)43-105-84(109)29-30-85(105)110/h15-17,20-30,37-42,44,54,57,83,88-90,93,106,111-113,118-119H,5-14,18-19,31-36,43,45-53H2,1-4H3/t54?,57?,83-,88+,89+,90-,93?,96+,97+/m0/s1. The van der Waals surface area contributed by atoms with Gasteiger partial charge in [0, 0.05) is 94.8 Å². The van der Waals surface area contributed by atoms with Crippen LogP contribution in [0.5, 0.6) is 34.5 Å². The third-order valence-electron chi connectivity index (χ3n) is 26.3. The number of carbonyl (C=O) groups is 6. The van der Waals surface area contributed by atoms with E-state index >= 15 is 0 Å². The summed E-state index contributed by atoms with van der Waals surface area (Å²) in [7, 11) is -14.6. The van der Waals surface area contributed by atoms with Crippen LogP contribution in [0, 0.1) is 11.8 Å². The molecular formula is C97H102N8O32S3. The molecular weight excluding hydrogens is 1890 g/mol. The number of hydrogen-bond acceptors (Lipinski definition) is 36. The van der Waals surface area contributed by atoms with E-state index < -0.39 is 131 Å². The second kappa shape index (κ2) is 40.9. The molecule has 7 aliphatic rings. The van der Waals surface area contributed by atoms with Crippen LogP contribution in [0.4, 0.5) is 0 Å². The van der Waals surface area contributed by atoms with E-state index in [1.807, 2.05) is 13.8 Å². The number of aliphatic hydroxyl groups excluding tert-OH is 4. The molecule has 1 saturated heterocycles. The number of carbonyl (C=O) groups excluding carboxylic acids is 6. The molecule has 11 heterocycles. The maximum absolute atomic E-state index is 14.7. The molecule has 43 heteroatoms. The quantitative estimate of drug-likeness (QED) is 0.00756. The number of Topliss-reactive ketones (excluding diaryl/α,β-unsaturated/α-hetero) is 2. The minimum atomic E-state index is -5.23. The molecule has 0 spiro atoms. The number of nitrogens with zero attached hydrogens (tertiary/aromatic N) is 8. The largest absolute Gasteiger partial charge is 0.501 e. The highest BCUT2D eigenvalue weighted by Crippen LogP contribution is 2.46. The number of aryl methyl sites for hydroxylation is 2. The lowest BCUT2D eigenvalue weighted by atomic mass is 9.79. The molecule has 5 aromatic heterocycles. The van der Waals surface area contributed by atoms with Gasteiger partial charge in [-0.1, -0.05) is 51.1 Å². The highest BCUT2D eigenvalue weighted by molar-refractivity contribution is 7.86. The summed E-state index contributed by atoms with van der Waals surface area (Å²) in [6, 6.07) is 24.7. The van der Waals surface area contributed by atoms with Crippen molar-refractivity contribution in [2.45, 2.75) is 204 Å². The van der Waals surface area contributed by atoms with Crippen LogP contribution in [0.2, 0.25) is 0 Å². The molecule has 0 radical (unpaired) electrons. The van der Waals surface area contributed by atoms with Gasteiger partial charge >= 0.3 is 42.6 Å². The van der Waals surface area contributed by atoms with Crippen LogP contribution in [-0.4, -0.2) is 207 Å². The molecule has 17 rings (SSSR count). The van der Waals surface area contributed by atoms with Crippen LogP contribution in [-0.2, 0) is 165 Å². The Morgan fingerprint density at radius 2 is 1.11 bits per heavy atom. The number of benzene rings is 5. The Morgan fingerprint density at radius 1 is 0.550 bits per heavy atom. The second-order valence-electron chi connectivity index (χ2n) is 35.3. The molecule has 0 bridgehead atoms. The Balaban J connectivity index is 0.545. The Labute approximate surface area is 801 Å². The number of esters is 2. The van der Waals surface area contributed by atoms with E-state index in [-0.39, 0.29) is 176 Å². The summed E-state index contributed by atoms with van der Waals surface area (Å²) in [5, 5.41) is 74.2. The van der Waals surface area contributed by atoms with Gasteiger partial charge in [0.15, 0.2) is 28.5 Å². The van der Waals surface area contributed by atoms with Crippen molar-refractivity contribution in [3.8, 4) is 57.3 Å². The first-order valence-electron chi connectivity index (χ1n) is 46.0. The van der Waals surface area contributed by atoms with E-state index in [2.05, 4.69) is 10.3 Å². The maximum atomic E-state index is 14.7. The van der Waals surface area contributed by atoms with Gasteiger partial charge in [0.05, 0.1) is 104 Å². The number of imide groups is 1. The van der Waals surface area contributed by atoms with Crippen molar-refractivity contribution < 1.29 is 139 Å². The fourth-order valence-corrected chi connectivity index (χ4v) is 21.7. The average Bonchev–Trinajstić information content (AvgIpc) is 1.59. The summed E-state index contributed by atoms with van der Waals surface area (Å²) in [4.78, 5) is 116. The number of aromatic nitrogens is 7. The monoisotopic (exact) mass is 1990 g/mol. The van der Waals surface area contributed by atoms with Gasteiger partial charge in [-0.25, -0.2) is 24.2 Å². The minimum absolute atomic E-state index is 0.0258. The second-order valence-corrected chi connectivity index (χ2v) is 39.6. The van der Waals surface area contributed by atoms with Crippen molar-refractivity contribution in [1.82, 2.24) is 39.0 Å². The molecule has 1 saturated carbocycles. The molecule has 10 aromatic rings. The van der Waals surface area contributed by atoms with Gasteiger partial charge in [-0.05, 0) is 183 Å². The van der Waals surface area contributed by atoms with Crippen LogP contribution < -0.4 is 37.3 Å². The number of amides is 2. The molecule has 6 N–H and O–H groups in total. The van der Waals surface area contributed by atoms with Crippen LogP contribution >= 0.6 is 0 Å². The molecule has 2 amide bonds. The van der Waals surface area contributed by atoms with Crippen molar-refractivity contribution in [3.63, 3.8) is 0 Å². The lowest BCUT2D eigenvalue weighted by molar-refractivity contribution is -0.277. The highest BCUT2D eigenvalue weighted by atomic mass is 32.3. The van der Waals surface area contributed by atoms with Crippen LogP contribution in [0.25, 0.3) is 44.6 Å². The van der Waals surface area contributed by atoms with Crippen LogP contribution in [0.1, 0.15) is 169 Å². The fraction of sp³-hybridized carbons (Fsp3) is 0.423. The fourth-order valence-electron chi connectivity index (χ4n) is 18.8. The summed E-state index contributed by atoms with van der Waals surface area (Å²) in [5.41, 5.74) is 1.22. The SMILES string of the molecule is CCc1c2c(nc3ccc(OS(=O)(=O)Cc4ccc(OCc5ccc(OS(=O)(=O)Oc6cc(C(=O)CCCOCCn7cc(COCCOCCCC(=O)C8CCC(CN9C(=O)C=CC9=O)CC8)nn7)ccc6OC6O[C@@H](CO)[C@@H](O)[C@@H](O)[C@@H]6O)cc5)c(CS(=O)(=O)Oc5ccc6nc7c(c(CC)c6c5)Cn5c-7cc6c(c5=O)COC(=O)[C@@]6(O)CC)c4)cc13)-c1cc3c(c(=O)n1C2)COC(=O)[C@@]3(O)CC. The van der Waals surface area contributed by atoms with Gasteiger partial charge in [0.1, 0.15) is 90.2 Å². The van der Waals surface area contributed by atoms with Gasteiger partial charge in [-0.15, -0.1) is 13.5 Å². The molecule has 1 aliphatic carbocycles. The van der Waals surface area contributed by atoms with E-state index in [0.29, 0.717) is 130 Å². The van der Waals surface area contributed by atoms with E-state index in [1.54, 1.807) is 42.9 Å². The third-order valence-corrected chi connectivity index (χ3v) is 29.3.